The number of esters is 1. The first-order valence-electron chi connectivity index (χ1n) is 27.6. The number of carbonyl (C=O) groups excluding carboxylic acids is 1. The van der Waals surface area contributed by atoms with Crippen molar-refractivity contribution in [2.24, 2.45) is 0 Å². The van der Waals surface area contributed by atoms with Crippen LogP contribution in [0.2, 0.25) is 5.02 Å². The molecule has 7 N–H and O–H groups in total. The second kappa shape index (κ2) is 34.9. The van der Waals surface area contributed by atoms with E-state index in [1.807, 2.05) is 97.1 Å². The Balaban J connectivity index is 0.000000216. The molecule has 26 heteroatoms. The van der Waals surface area contributed by atoms with Crippen molar-refractivity contribution in [1.82, 2.24) is 38.2 Å². The van der Waals surface area contributed by atoms with Crippen molar-refractivity contribution >= 4 is 53.3 Å². The third kappa shape index (κ3) is 24.3. The van der Waals surface area contributed by atoms with E-state index in [4.69, 9.17) is 26.9 Å². The van der Waals surface area contributed by atoms with Gasteiger partial charge in [-0.15, -0.1) is 11.8 Å². The van der Waals surface area contributed by atoms with Gasteiger partial charge in [0.25, 0.3) is 22.2 Å². The summed E-state index contributed by atoms with van der Waals surface area (Å²) in [4.78, 5) is 143. The zero-order valence-corrected chi connectivity index (χ0v) is 50.7. The van der Waals surface area contributed by atoms with Crippen LogP contribution in [0.4, 0.5) is 0 Å². The van der Waals surface area contributed by atoms with Crippen molar-refractivity contribution in [3.63, 3.8) is 0 Å². The number of hydrogen-bond donors (Lipinski definition) is 7. The third-order valence-electron chi connectivity index (χ3n) is 13.0. The SMILES string of the molecule is COC(=O)CCCc1ccc(Cn2cc(C)c(=O)[nH]c2=O)cc1.Cc1cn(Cc2ccc(/C=C/CC(=O)O)cc2)c(=O)[nH]c1=O.Cc1cn(Cc2ccc(CSCC(=O)O)cc2)c(=O)[nH]c1=O.O=C(O)CCCc1ccc(Cn2cc(Cl)c(=O)[nH]c2=O)cc1. The fourth-order valence-electron chi connectivity index (χ4n) is 8.23. The molecule has 0 unspecified atom stereocenters. The molecule has 8 aromatic rings. The lowest BCUT2D eigenvalue weighted by Crippen LogP contribution is -2.31. The molecule has 89 heavy (non-hydrogen) atoms. The van der Waals surface area contributed by atoms with Gasteiger partial charge in [0.15, 0.2) is 0 Å². The molecule has 0 aliphatic heterocycles. The molecule has 468 valence electrons. The van der Waals surface area contributed by atoms with E-state index < -0.39 is 46.2 Å². The number of aryl methyl sites for hydroxylation is 5. The molecule has 4 aromatic carbocycles. The van der Waals surface area contributed by atoms with Crippen LogP contribution in [0.3, 0.4) is 0 Å². The Hall–Kier alpha value is -10.1. The predicted molar refractivity (Wildman–Crippen MR) is 337 cm³/mol. The number of hydrogen-bond acceptors (Lipinski definition) is 14. The fourth-order valence-corrected chi connectivity index (χ4v) is 9.10. The maximum Gasteiger partial charge on any atom is 0.328 e. The Kier molecular flexibility index (Phi) is 27.3. The number of nitrogens with zero attached hydrogens (tertiary/aromatic N) is 4. The summed E-state index contributed by atoms with van der Waals surface area (Å²) in [6.07, 6.45) is 12.6. The number of H-pyrrole nitrogens is 4. The molecule has 0 saturated heterocycles. The highest BCUT2D eigenvalue weighted by Gasteiger charge is 2.09. The highest BCUT2D eigenvalue weighted by Crippen LogP contribution is 2.15. The van der Waals surface area contributed by atoms with Gasteiger partial charge in [-0.25, -0.2) is 19.2 Å². The van der Waals surface area contributed by atoms with Crippen LogP contribution in [-0.2, 0) is 68.7 Å². The Labute approximate surface area is 516 Å². The highest BCUT2D eigenvalue weighted by molar-refractivity contribution is 7.99. The minimum Gasteiger partial charge on any atom is -0.481 e. The molecule has 0 amide bonds. The molecule has 0 radical (unpaired) electrons. The molecule has 8 rings (SSSR count). The number of carboxylic acid groups (broad SMARTS) is 3. The molecule has 0 bridgehead atoms. The first-order valence-corrected chi connectivity index (χ1v) is 29.1. The van der Waals surface area contributed by atoms with Gasteiger partial charge in [-0.3, -0.25) is 76.6 Å². The first kappa shape index (κ1) is 69.6. The van der Waals surface area contributed by atoms with E-state index in [0.29, 0.717) is 67.9 Å². The molecule has 0 fully saturated rings. The summed E-state index contributed by atoms with van der Waals surface area (Å²) in [6.45, 7) is 6.39. The van der Waals surface area contributed by atoms with Gasteiger partial charge in [-0.05, 0) is 91.0 Å². The van der Waals surface area contributed by atoms with Crippen molar-refractivity contribution in [2.45, 2.75) is 97.6 Å². The smallest absolute Gasteiger partial charge is 0.328 e. The maximum absolute atomic E-state index is 11.8. The molecule has 0 saturated carbocycles. The lowest BCUT2D eigenvalue weighted by Gasteiger charge is -2.07. The van der Waals surface area contributed by atoms with Crippen molar-refractivity contribution in [1.29, 1.82) is 0 Å². The van der Waals surface area contributed by atoms with Crippen molar-refractivity contribution in [3.8, 4) is 0 Å². The van der Waals surface area contributed by atoms with Gasteiger partial charge in [-0.2, -0.15) is 0 Å². The van der Waals surface area contributed by atoms with Gasteiger partial charge < -0.3 is 20.1 Å². The van der Waals surface area contributed by atoms with Crippen LogP contribution in [0.25, 0.3) is 6.08 Å². The average Bonchev–Trinajstić information content (AvgIpc) is 2.76. The molecule has 0 atom stereocenters. The summed E-state index contributed by atoms with van der Waals surface area (Å²) in [6, 6.07) is 30.4. The van der Waals surface area contributed by atoms with Crippen LogP contribution in [0.5, 0.6) is 0 Å². The van der Waals surface area contributed by atoms with Crippen molar-refractivity contribution < 1.29 is 39.2 Å². The average molecular weight is 1260 g/mol. The van der Waals surface area contributed by atoms with E-state index in [2.05, 4.69) is 24.7 Å². The number of aliphatic carboxylic acids is 3. The second-order valence-electron chi connectivity index (χ2n) is 20.2. The fraction of sp³-hybridized carbons (Fsp3) is 0.270. The summed E-state index contributed by atoms with van der Waals surface area (Å²) in [5.74, 6) is -1.99. The van der Waals surface area contributed by atoms with E-state index in [0.717, 1.165) is 57.3 Å². The topological polar surface area (TPSA) is 358 Å². The number of carbonyl (C=O) groups is 4. The predicted octanol–water partition coefficient (Wildman–Crippen LogP) is 5.63. The quantitative estimate of drug-likeness (QED) is 0.0382. The zero-order chi connectivity index (χ0) is 65.2. The number of halogens is 1. The van der Waals surface area contributed by atoms with Crippen molar-refractivity contribution in [3.05, 3.63) is 277 Å². The molecule has 0 spiro atoms. The van der Waals surface area contributed by atoms with E-state index in [1.54, 1.807) is 39.1 Å². The van der Waals surface area contributed by atoms with Crippen LogP contribution >= 0.6 is 23.4 Å². The van der Waals surface area contributed by atoms with Crippen LogP contribution < -0.4 is 45.0 Å². The van der Waals surface area contributed by atoms with Crippen LogP contribution in [0.1, 0.15) is 93.3 Å². The minimum atomic E-state index is -0.874. The van der Waals surface area contributed by atoms with Crippen LogP contribution in [0.15, 0.2) is 166 Å². The Morgan fingerprint density at radius 2 is 0.820 bits per heavy atom. The lowest BCUT2D eigenvalue weighted by atomic mass is 10.1. The number of aromatic nitrogens is 8. The van der Waals surface area contributed by atoms with Crippen molar-refractivity contribution in [2.75, 3.05) is 12.9 Å². The molecule has 24 nitrogen and oxygen atoms in total. The number of aromatic amines is 4. The molecule has 4 heterocycles. The molecular weight excluding hydrogens is 1190 g/mol. The van der Waals surface area contributed by atoms with Gasteiger partial charge >= 0.3 is 46.6 Å². The molecule has 0 aliphatic rings. The minimum absolute atomic E-state index is 0.0200. The van der Waals surface area contributed by atoms with Gasteiger partial charge in [0.05, 0.1) is 45.5 Å². The number of methoxy groups -OCH3 is 1. The molecular formula is C63H67ClN8O16S. The molecule has 4 aromatic heterocycles. The summed E-state index contributed by atoms with van der Waals surface area (Å²) in [5.41, 5.74) is 5.73. The maximum atomic E-state index is 11.8. The summed E-state index contributed by atoms with van der Waals surface area (Å²) < 4.78 is 10.3. The second-order valence-corrected chi connectivity index (χ2v) is 21.6. The molecule has 0 aliphatic carbocycles. The lowest BCUT2D eigenvalue weighted by molar-refractivity contribution is -0.141. The third-order valence-corrected chi connectivity index (χ3v) is 14.3. The normalized spacial score (nSPS) is 10.7. The summed E-state index contributed by atoms with van der Waals surface area (Å²) in [5, 5.41) is 25.7. The standard InChI is InChI=1S/C17H20N2O4.C16H16N2O4.C15H15ClN2O4.C15H16N2O4S/c1-12-10-19(17(22)18-16(12)21)11-14-8-6-13(7-9-14)4-3-5-15(20)23-2;1-11-9-18(16(22)17-15(11)21)10-13-7-5-12(6-8-13)3-2-4-14(19)20;16-12-9-18(15(22)17-14(12)21)8-11-6-4-10(5-7-11)2-1-3-13(19)20;1-10-6-17(15(21)16-14(10)20)7-11-2-4-12(5-3-11)8-22-9-13(18)19/h6-10H,3-5,11H2,1-2H3,(H,18,21,22);2-3,5-9H,4,10H2,1H3,(H,19,20)(H,17,21,22);4-7,9H,1-3,8H2,(H,19,20)(H,17,21,22);2-6H,7-9H2,1H3,(H,18,19)(H,16,20,21)/b;3-2+;;. The number of rotatable bonds is 23. The highest BCUT2D eigenvalue weighted by atomic mass is 35.5. The van der Waals surface area contributed by atoms with E-state index in [1.165, 1.54) is 55.7 Å². The van der Waals surface area contributed by atoms with Gasteiger partial charge in [0, 0.05) is 60.1 Å². The van der Waals surface area contributed by atoms with E-state index >= 15 is 0 Å². The van der Waals surface area contributed by atoms with Gasteiger partial charge in [-0.1, -0.05) is 121 Å². The monoisotopic (exact) mass is 1260 g/mol. The summed E-state index contributed by atoms with van der Waals surface area (Å²) in [7, 11) is 1.39. The van der Waals surface area contributed by atoms with E-state index in [9.17, 15) is 57.5 Å². The number of carboxylic acids is 3. The van der Waals surface area contributed by atoms with Gasteiger partial charge in [0.1, 0.15) is 5.02 Å². The Morgan fingerprint density at radius 3 is 1.19 bits per heavy atom. The van der Waals surface area contributed by atoms with Crippen LogP contribution in [-0.4, -0.2) is 90.3 Å². The number of ether oxygens (including phenoxy) is 1. The number of thioether (sulfide) groups is 1. The summed E-state index contributed by atoms with van der Waals surface area (Å²) >= 11 is 7.04. The number of benzene rings is 4. The largest absolute Gasteiger partial charge is 0.481 e. The van der Waals surface area contributed by atoms with E-state index in [-0.39, 0.29) is 46.3 Å². The first-order chi connectivity index (χ1) is 42.3. The zero-order valence-electron chi connectivity index (χ0n) is 49.1. The van der Waals surface area contributed by atoms with Gasteiger partial charge in [0.2, 0.25) is 0 Å². The Bertz CT molecular complexity index is 4120. The Morgan fingerprint density at radius 1 is 0.472 bits per heavy atom. The van der Waals surface area contributed by atoms with Crippen LogP contribution in [0, 0.1) is 20.8 Å². The number of nitrogens with one attached hydrogen (secondary N) is 4.